The van der Waals surface area contributed by atoms with Gasteiger partial charge < -0.3 is 10.1 Å². The topological polar surface area (TPSA) is 66.0 Å². The van der Waals surface area contributed by atoms with Crippen molar-refractivity contribution in [2.45, 2.75) is 26.4 Å². The van der Waals surface area contributed by atoms with Crippen molar-refractivity contribution in [3.8, 4) is 0 Å². The highest BCUT2D eigenvalue weighted by Crippen LogP contribution is 2.36. The first-order chi connectivity index (χ1) is 10.9. The smallest absolute Gasteiger partial charge is 0.159 e. The zero-order valence-corrected chi connectivity index (χ0v) is 13.5. The molecule has 0 bridgehead atoms. The van der Waals surface area contributed by atoms with E-state index in [1.165, 1.54) is 0 Å². The maximum absolute atomic E-state index is 11.5. The molecule has 0 amide bonds. The minimum absolute atomic E-state index is 0.0419. The molecule has 2 aromatic carbocycles. The Balaban J connectivity index is 2.15. The fourth-order valence-corrected chi connectivity index (χ4v) is 2.95. The Hall–Kier alpha value is -2.46. The molecule has 1 unspecified atom stereocenters. The summed E-state index contributed by atoms with van der Waals surface area (Å²) in [6, 6.07) is 11.4. The molecule has 1 aromatic heterocycles. The molecule has 4 nitrogen and oxygen atoms in total. The van der Waals surface area contributed by atoms with Crippen LogP contribution < -0.4 is 0 Å². The molecule has 3 aromatic rings. The monoisotopic (exact) mass is 308 g/mol. The van der Waals surface area contributed by atoms with E-state index in [0.717, 1.165) is 16.3 Å². The third-order valence-electron chi connectivity index (χ3n) is 4.41. The lowest BCUT2D eigenvalue weighted by Gasteiger charge is -2.31. The van der Waals surface area contributed by atoms with Gasteiger partial charge in [-0.1, -0.05) is 38.1 Å². The number of hydrogen-bond donors (Lipinski definition) is 2. The number of hydrogen-bond acceptors (Lipinski definition) is 3. The fraction of sp³-hybridized carbons (Fsp3) is 0.263. The molecule has 0 aliphatic rings. The minimum atomic E-state index is -1.16. The molecule has 0 saturated carbocycles. The van der Waals surface area contributed by atoms with Crippen molar-refractivity contribution in [3.05, 3.63) is 65.7 Å². The SMILES string of the molecule is CC(=O)c1ccc2cc(C(O)(c3c[nH]cn3)C(C)C)ccc2c1. The number of fused-ring (bicyclic) bond motifs is 1. The predicted molar refractivity (Wildman–Crippen MR) is 90.4 cm³/mol. The second-order valence-electron chi connectivity index (χ2n) is 6.21. The standard InChI is InChI=1S/C19H20N2O2/c1-12(2)19(23,18-10-20-11-21-18)17-7-6-15-8-14(13(3)22)4-5-16(15)9-17/h4-12,23H,1-3H3,(H,20,21). The van der Waals surface area contributed by atoms with Crippen LogP contribution in [0.1, 0.15) is 42.4 Å². The molecular formula is C19H20N2O2. The maximum Gasteiger partial charge on any atom is 0.159 e. The summed E-state index contributed by atoms with van der Waals surface area (Å²) in [5, 5.41) is 13.3. The number of carbonyl (C=O) groups excluding carboxylic acids is 1. The van der Waals surface area contributed by atoms with E-state index < -0.39 is 5.60 Å². The van der Waals surface area contributed by atoms with Gasteiger partial charge in [-0.15, -0.1) is 0 Å². The van der Waals surface area contributed by atoms with E-state index >= 15 is 0 Å². The average Bonchev–Trinajstić information content (AvgIpc) is 3.07. The fourth-order valence-electron chi connectivity index (χ4n) is 2.95. The number of H-pyrrole nitrogens is 1. The van der Waals surface area contributed by atoms with E-state index in [1.54, 1.807) is 19.4 Å². The van der Waals surface area contributed by atoms with Crippen molar-refractivity contribution in [2.24, 2.45) is 5.92 Å². The van der Waals surface area contributed by atoms with Crippen LogP contribution in [-0.4, -0.2) is 20.9 Å². The minimum Gasteiger partial charge on any atom is -0.378 e. The molecule has 4 heteroatoms. The van der Waals surface area contributed by atoms with Gasteiger partial charge in [0.15, 0.2) is 5.78 Å². The second-order valence-corrected chi connectivity index (χ2v) is 6.21. The number of aromatic amines is 1. The molecule has 3 rings (SSSR count). The molecule has 0 radical (unpaired) electrons. The van der Waals surface area contributed by atoms with Crippen LogP contribution in [0.4, 0.5) is 0 Å². The van der Waals surface area contributed by atoms with E-state index in [0.29, 0.717) is 11.3 Å². The number of ketones is 1. The van der Waals surface area contributed by atoms with Crippen molar-refractivity contribution in [2.75, 3.05) is 0 Å². The Bertz CT molecular complexity index is 853. The van der Waals surface area contributed by atoms with Gasteiger partial charge in [0.25, 0.3) is 0 Å². The predicted octanol–water partition coefficient (Wildman–Crippen LogP) is 3.66. The first kappa shape index (κ1) is 15.4. The molecule has 118 valence electrons. The summed E-state index contributed by atoms with van der Waals surface area (Å²) in [6.07, 6.45) is 3.30. The second kappa shape index (κ2) is 5.63. The van der Waals surface area contributed by atoms with Crippen molar-refractivity contribution < 1.29 is 9.90 Å². The highest BCUT2D eigenvalue weighted by molar-refractivity contribution is 5.98. The number of aromatic nitrogens is 2. The van der Waals surface area contributed by atoms with E-state index in [9.17, 15) is 9.90 Å². The average molecular weight is 308 g/mol. The van der Waals surface area contributed by atoms with Gasteiger partial charge in [0.2, 0.25) is 0 Å². The Labute approximate surface area is 135 Å². The van der Waals surface area contributed by atoms with Gasteiger partial charge in [0.05, 0.1) is 12.0 Å². The van der Waals surface area contributed by atoms with E-state index in [4.69, 9.17) is 0 Å². The van der Waals surface area contributed by atoms with Crippen LogP contribution in [0, 0.1) is 5.92 Å². The zero-order valence-electron chi connectivity index (χ0n) is 13.5. The zero-order chi connectivity index (χ0) is 16.6. The van der Waals surface area contributed by atoms with Gasteiger partial charge in [-0.05, 0) is 41.3 Å². The third kappa shape index (κ3) is 2.55. The Morgan fingerprint density at radius 1 is 1.17 bits per heavy atom. The van der Waals surface area contributed by atoms with Crippen molar-refractivity contribution in [1.82, 2.24) is 9.97 Å². The summed E-state index contributed by atoms with van der Waals surface area (Å²) in [4.78, 5) is 18.7. The summed E-state index contributed by atoms with van der Waals surface area (Å²) in [6.45, 7) is 5.50. The van der Waals surface area contributed by atoms with Gasteiger partial charge >= 0.3 is 0 Å². The number of nitrogens with one attached hydrogen (secondary N) is 1. The summed E-state index contributed by atoms with van der Waals surface area (Å²) in [7, 11) is 0. The van der Waals surface area contributed by atoms with Crippen LogP contribution in [0.15, 0.2) is 48.9 Å². The molecular weight excluding hydrogens is 288 g/mol. The van der Waals surface area contributed by atoms with Gasteiger partial charge in [0, 0.05) is 11.8 Å². The summed E-state index contributed by atoms with van der Waals surface area (Å²) < 4.78 is 0. The van der Waals surface area contributed by atoms with Crippen LogP contribution in [0.3, 0.4) is 0 Å². The molecule has 0 saturated heterocycles. The lowest BCUT2D eigenvalue weighted by atomic mass is 9.80. The highest BCUT2D eigenvalue weighted by Gasteiger charge is 2.37. The van der Waals surface area contributed by atoms with Crippen LogP contribution in [0.2, 0.25) is 0 Å². The van der Waals surface area contributed by atoms with Gasteiger partial charge in [-0.2, -0.15) is 0 Å². The van der Waals surface area contributed by atoms with Crippen LogP contribution in [-0.2, 0) is 5.60 Å². The van der Waals surface area contributed by atoms with Crippen molar-refractivity contribution >= 4 is 16.6 Å². The molecule has 2 N–H and O–H groups in total. The van der Waals surface area contributed by atoms with Crippen molar-refractivity contribution in [1.29, 1.82) is 0 Å². The largest absolute Gasteiger partial charge is 0.378 e. The lowest BCUT2D eigenvalue weighted by Crippen LogP contribution is -2.33. The number of aliphatic hydroxyl groups is 1. The van der Waals surface area contributed by atoms with E-state index in [-0.39, 0.29) is 11.7 Å². The number of imidazole rings is 1. The Kier molecular flexibility index (Phi) is 3.78. The quantitative estimate of drug-likeness (QED) is 0.723. The van der Waals surface area contributed by atoms with E-state index in [1.807, 2.05) is 50.2 Å². The number of rotatable bonds is 4. The highest BCUT2D eigenvalue weighted by atomic mass is 16.3. The summed E-state index contributed by atoms with van der Waals surface area (Å²) in [5.74, 6) is 0.00549. The van der Waals surface area contributed by atoms with Crippen LogP contribution in [0.25, 0.3) is 10.8 Å². The van der Waals surface area contributed by atoms with E-state index in [2.05, 4.69) is 9.97 Å². The van der Waals surface area contributed by atoms with Gasteiger partial charge in [-0.25, -0.2) is 4.98 Å². The molecule has 1 heterocycles. The molecule has 23 heavy (non-hydrogen) atoms. The molecule has 1 atom stereocenters. The molecule has 0 spiro atoms. The van der Waals surface area contributed by atoms with Crippen LogP contribution >= 0.6 is 0 Å². The summed E-state index contributed by atoms with van der Waals surface area (Å²) in [5.41, 5.74) is 0.930. The number of carbonyl (C=O) groups is 1. The number of benzene rings is 2. The lowest BCUT2D eigenvalue weighted by molar-refractivity contribution is 0.0280. The van der Waals surface area contributed by atoms with Gasteiger partial charge in [0.1, 0.15) is 5.60 Å². The van der Waals surface area contributed by atoms with Crippen LogP contribution in [0.5, 0.6) is 0 Å². The third-order valence-corrected chi connectivity index (χ3v) is 4.41. The Morgan fingerprint density at radius 3 is 2.48 bits per heavy atom. The number of Topliss-reactive ketones (excluding diaryl/α,β-unsaturated/α-hetero) is 1. The summed E-state index contributed by atoms with van der Waals surface area (Å²) >= 11 is 0. The first-order valence-electron chi connectivity index (χ1n) is 7.70. The van der Waals surface area contributed by atoms with Gasteiger partial charge in [-0.3, -0.25) is 4.79 Å². The first-order valence-corrected chi connectivity index (χ1v) is 7.70. The van der Waals surface area contributed by atoms with Crippen molar-refractivity contribution in [3.63, 3.8) is 0 Å². The molecule has 0 fully saturated rings. The molecule has 0 aliphatic heterocycles. The molecule has 0 aliphatic carbocycles. The Morgan fingerprint density at radius 2 is 1.87 bits per heavy atom. The maximum atomic E-state index is 11.5. The number of nitrogens with zero attached hydrogens (tertiary/aromatic N) is 1. The normalized spacial score (nSPS) is 14.1.